The molecule has 158 valence electrons. The summed E-state index contributed by atoms with van der Waals surface area (Å²) in [6.45, 7) is 6.00. The van der Waals surface area contributed by atoms with Crippen molar-refractivity contribution in [3.05, 3.63) is 24.3 Å². The molecule has 2 fully saturated rings. The number of ether oxygens (including phenoxy) is 2. The van der Waals surface area contributed by atoms with Crippen LogP contribution in [0.5, 0.6) is 5.75 Å². The number of esters is 1. The number of anilines is 1. The van der Waals surface area contributed by atoms with E-state index in [1.54, 1.807) is 16.7 Å². The van der Waals surface area contributed by atoms with Crippen molar-refractivity contribution in [2.75, 3.05) is 37.7 Å². The summed E-state index contributed by atoms with van der Waals surface area (Å²) in [6.07, 6.45) is 1.75. The Labute approximate surface area is 171 Å². The molecule has 3 rings (SSSR count). The maximum Gasteiger partial charge on any atom is 0.317 e. The SMILES string of the molecule is CCOC(=O)[C@@H]1CCCN(C(=O)N[C@@H]2CC(=O)N(c3ccc(OCC)cc3)C2)C1. The Morgan fingerprint density at radius 1 is 1.14 bits per heavy atom. The molecule has 0 spiro atoms. The molecule has 0 saturated carbocycles. The summed E-state index contributed by atoms with van der Waals surface area (Å²) < 4.78 is 10.5. The van der Waals surface area contributed by atoms with Gasteiger partial charge in [0.1, 0.15) is 5.75 Å². The summed E-state index contributed by atoms with van der Waals surface area (Å²) in [5, 5.41) is 2.95. The molecule has 3 amide bonds. The Morgan fingerprint density at radius 2 is 1.90 bits per heavy atom. The molecule has 0 unspecified atom stereocenters. The predicted octanol–water partition coefficient (Wildman–Crippen LogP) is 2.18. The average molecular weight is 403 g/mol. The third-order valence-electron chi connectivity index (χ3n) is 5.24. The largest absolute Gasteiger partial charge is 0.494 e. The molecule has 2 heterocycles. The van der Waals surface area contributed by atoms with Gasteiger partial charge < -0.3 is 24.6 Å². The van der Waals surface area contributed by atoms with E-state index >= 15 is 0 Å². The number of carbonyl (C=O) groups is 3. The van der Waals surface area contributed by atoms with Gasteiger partial charge in [-0.25, -0.2) is 4.79 Å². The van der Waals surface area contributed by atoms with E-state index in [-0.39, 0.29) is 36.3 Å². The maximum absolute atomic E-state index is 12.7. The molecule has 0 aromatic heterocycles. The normalized spacial score (nSPS) is 21.8. The molecule has 1 aromatic carbocycles. The lowest BCUT2D eigenvalue weighted by Gasteiger charge is -2.32. The van der Waals surface area contributed by atoms with Crippen molar-refractivity contribution in [2.24, 2.45) is 5.92 Å². The van der Waals surface area contributed by atoms with Crippen LogP contribution in [-0.4, -0.2) is 61.7 Å². The number of amides is 3. The molecule has 0 aliphatic carbocycles. The monoisotopic (exact) mass is 403 g/mol. The number of rotatable bonds is 6. The molecule has 8 nitrogen and oxygen atoms in total. The lowest BCUT2D eigenvalue weighted by atomic mass is 9.98. The van der Waals surface area contributed by atoms with Gasteiger partial charge in [-0.1, -0.05) is 0 Å². The van der Waals surface area contributed by atoms with Crippen LogP contribution in [0.2, 0.25) is 0 Å². The van der Waals surface area contributed by atoms with Crippen LogP contribution < -0.4 is 15.0 Å². The van der Waals surface area contributed by atoms with Crippen LogP contribution in [-0.2, 0) is 14.3 Å². The van der Waals surface area contributed by atoms with E-state index in [0.717, 1.165) is 24.3 Å². The minimum Gasteiger partial charge on any atom is -0.494 e. The Balaban J connectivity index is 1.55. The van der Waals surface area contributed by atoms with Crippen LogP contribution in [0.25, 0.3) is 0 Å². The van der Waals surface area contributed by atoms with Gasteiger partial charge in [0.25, 0.3) is 0 Å². The van der Waals surface area contributed by atoms with Gasteiger partial charge in [0.15, 0.2) is 0 Å². The molecule has 1 N–H and O–H groups in total. The first-order chi connectivity index (χ1) is 14.0. The van der Waals surface area contributed by atoms with Crippen molar-refractivity contribution in [3.8, 4) is 5.75 Å². The first-order valence-electron chi connectivity index (χ1n) is 10.3. The molecule has 2 saturated heterocycles. The van der Waals surface area contributed by atoms with E-state index in [2.05, 4.69) is 5.32 Å². The number of nitrogens with one attached hydrogen (secondary N) is 1. The topological polar surface area (TPSA) is 88.2 Å². The zero-order valence-corrected chi connectivity index (χ0v) is 17.1. The molecule has 2 aliphatic rings. The highest BCUT2D eigenvalue weighted by atomic mass is 16.5. The molecule has 2 aliphatic heterocycles. The van der Waals surface area contributed by atoms with Gasteiger partial charge in [-0.15, -0.1) is 0 Å². The smallest absolute Gasteiger partial charge is 0.317 e. The van der Waals surface area contributed by atoms with Crippen LogP contribution in [0.4, 0.5) is 10.5 Å². The number of piperidine rings is 1. The minimum atomic E-state index is -0.278. The number of benzene rings is 1. The van der Waals surface area contributed by atoms with Crippen LogP contribution in [0.1, 0.15) is 33.1 Å². The highest BCUT2D eigenvalue weighted by Gasteiger charge is 2.34. The van der Waals surface area contributed by atoms with Crippen molar-refractivity contribution in [2.45, 2.75) is 39.2 Å². The first kappa shape index (κ1) is 21.0. The van der Waals surface area contributed by atoms with Gasteiger partial charge >= 0.3 is 12.0 Å². The molecule has 1 aromatic rings. The van der Waals surface area contributed by atoms with E-state index in [1.165, 1.54) is 0 Å². The van der Waals surface area contributed by atoms with Crippen molar-refractivity contribution >= 4 is 23.6 Å². The third kappa shape index (κ3) is 5.19. The van der Waals surface area contributed by atoms with Crippen molar-refractivity contribution in [3.63, 3.8) is 0 Å². The molecular formula is C21H29N3O5. The van der Waals surface area contributed by atoms with Crippen LogP contribution >= 0.6 is 0 Å². The Bertz CT molecular complexity index is 736. The summed E-state index contributed by atoms with van der Waals surface area (Å²) in [4.78, 5) is 40.4. The van der Waals surface area contributed by atoms with E-state index in [9.17, 15) is 14.4 Å². The lowest BCUT2D eigenvalue weighted by Crippen LogP contribution is -2.50. The van der Waals surface area contributed by atoms with Gasteiger partial charge in [-0.3, -0.25) is 9.59 Å². The highest BCUT2D eigenvalue weighted by Crippen LogP contribution is 2.25. The number of carbonyl (C=O) groups excluding carboxylic acids is 3. The summed E-state index contributed by atoms with van der Waals surface area (Å²) in [7, 11) is 0. The quantitative estimate of drug-likeness (QED) is 0.736. The summed E-state index contributed by atoms with van der Waals surface area (Å²) in [5.41, 5.74) is 0.788. The number of hydrogen-bond donors (Lipinski definition) is 1. The van der Waals surface area contributed by atoms with E-state index in [4.69, 9.17) is 9.47 Å². The van der Waals surface area contributed by atoms with Gasteiger partial charge in [0, 0.05) is 31.7 Å². The summed E-state index contributed by atoms with van der Waals surface area (Å²) >= 11 is 0. The second-order valence-corrected chi connectivity index (χ2v) is 7.32. The lowest BCUT2D eigenvalue weighted by molar-refractivity contribution is -0.149. The van der Waals surface area contributed by atoms with Crippen LogP contribution in [0.15, 0.2) is 24.3 Å². The molecule has 0 radical (unpaired) electrons. The van der Waals surface area contributed by atoms with E-state index in [0.29, 0.717) is 32.8 Å². The fraction of sp³-hybridized carbons (Fsp3) is 0.571. The van der Waals surface area contributed by atoms with Crippen LogP contribution in [0.3, 0.4) is 0 Å². The molecule has 0 bridgehead atoms. The van der Waals surface area contributed by atoms with Crippen LogP contribution in [0, 0.1) is 5.92 Å². The summed E-state index contributed by atoms with van der Waals surface area (Å²) in [6, 6.07) is 6.88. The summed E-state index contributed by atoms with van der Waals surface area (Å²) in [5.74, 6) is 0.208. The minimum absolute atomic E-state index is 0.0255. The van der Waals surface area contributed by atoms with Crippen molar-refractivity contribution in [1.29, 1.82) is 0 Å². The highest BCUT2D eigenvalue weighted by molar-refractivity contribution is 5.96. The Morgan fingerprint density at radius 3 is 2.59 bits per heavy atom. The van der Waals surface area contributed by atoms with Crippen molar-refractivity contribution in [1.82, 2.24) is 10.2 Å². The van der Waals surface area contributed by atoms with Gasteiger partial charge in [-0.2, -0.15) is 0 Å². The molecule has 8 heteroatoms. The predicted molar refractivity (Wildman–Crippen MR) is 108 cm³/mol. The number of nitrogens with zero attached hydrogens (tertiary/aromatic N) is 2. The Kier molecular flexibility index (Phi) is 6.95. The number of hydrogen-bond acceptors (Lipinski definition) is 5. The standard InChI is InChI=1S/C21H29N3O5/c1-3-28-18-9-7-17(8-10-18)24-14-16(12-19(24)25)22-21(27)23-11-5-6-15(13-23)20(26)29-4-2/h7-10,15-16H,3-6,11-14H2,1-2H3,(H,22,27)/t15-,16-/m1/s1. The third-order valence-corrected chi connectivity index (χ3v) is 5.24. The second-order valence-electron chi connectivity index (χ2n) is 7.32. The zero-order valence-electron chi connectivity index (χ0n) is 17.1. The molecule has 29 heavy (non-hydrogen) atoms. The van der Waals surface area contributed by atoms with E-state index < -0.39 is 0 Å². The van der Waals surface area contributed by atoms with Gasteiger partial charge in [0.2, 0.25) is 5.91 Å². The second kappa shape index (κ2) is 9.62. The van der Waals surface area contributed by atoms with Gasteiger partial charge in [0.05, 0.1) is 25.2 Å². The maximum atomic E-state index is 12.7. The fourth-order valence-corrected chi connectivity index (χ4v) is 3.82. The zero-order chi connectivity index (χ0) is 20.8. The van der Waals surface area contributed by atoms with Gasteiger partial charge in [-0.05, 0) is 51.0 Å². The number of likely N-dealkylation sites (tertiary alicyclic amines) is 1. The number of urea groups is 1. The van der Waals surface area contributed by atoms with Crippen molar-refractivity contribution < 1.29 is 23.9 Å². The first-order valence-corrected chi connectivity index (χ1v) is 10.3. The molecular weight excluding hydrogens is 374 g/mol. The Hall–Kier alpha value is -2.77. The van der Waals surface area contributed by atoms with E-state index in [1.807, 2.05) is 31.2 Å². The average Bonchev–Trinajstić information content (AvgIpc) is 3.09. The molecule has 2 atom stereocenters. The fourth-order valence-electron chi connectivity index (χ4n) is 3.82.